The van der Waals surface area contributed by atoms with Crippen molar-refractivity contribution in [2.45, 2.75) is 51.2 Å². The van der Waals surface area contributed by atoms with E-state index in [1.165, 1.54) is 12.7 Å². The molecule has 1 fully saturated rings. The topological polar surface area (TPSA) is 57.7 Å². The van der Waals surface area contributed by atoms with Gasteiger partial charge in [0.1, 0.15) is 0 Å². The number of aromatic nitrogens is 1. The summed E-state index contributed by atoms with van der Waals surface area (Å²) < 4.78 is 4.82. The Balaban J connectivity index is 1.78. The monoisotopic (exact) mass is 498 g/mol. The standard InChI is InChI=1S/C26H31ClN4O2S/c1-16-15-26(2,3)30(4)21-14-19(27)18(13-17(16)21)24-23(20-9-6-7-11-28-20)29-25(34)31(24)12-8-10-22(32)33-5/h6-7,9,11,13-15,23-24H,8,10,12H2,1-5H3,(H,29,34)/t23-,24-/m0/s1. The van der Waals surface area contributed by atoms with Gasteiger partial charge in [-0.15, -0.1) is 0 Å². The molecule has 1 saturated heterocycles. The number of ether oxygens (including phenoxy) is 1. The van der Waals surface area contributed by atoms with E-state index in [1.54, 1.807) is 6.20 Å². The number of anilines is 1. The van der Waals surface area contributed by atoms with Gasteiger partial charge in [0.25, 0.3) is 0 Å². The fourth-order valence-electron chi connectivity index (χ4n) is 4.90. The van der Waals surface area contributed by atoms with Crippen molar-refractivity contribution in [3.63, 3.8) is 0 Å². The van der Waals surface area contributed by atoms with Gasteiger partial charge in [0.2, 0.25) is 0 Å². The van der Waals surface area contributed by atoms with Gasteiger partial charge < -0.3 is 19.9 Å². The molecule has 0 radical (unpaired) electrons. The van der Waals surface area contributed by atoms with Crippen molar-refractivity contribution < 1.29 is 9.53 Å². The van der Waals surface area contributed by atoms with E-state index in [0.717, 1.165) is 22.5 Å². The van der Waals surface area contributed by atoms with Gasteiger partial charge >= 0.3 is 5.97 Å². The number of nitrogens with one attached hydrogen (secondary N) is 1. The highest BCUT2D eigenvalue weighted by molar-refractivity contribution is 7.80. The molecule has 34 heavy (non-hydrogen) atoms. The Kier molecular flexibility index (Phi) is 6.87. The van der Waals surface area contributed by atoms with Crippen LogP contribution in [0.1, 0.15) is 62.5 Å². The predicted molar refractivity (Wildman–Crippen MR) is 141 cm³/mol. The summed E-state index contributed by atoms with van der Waals surface area (Å²) in [6.45, 7) is 7.14. The second-order valence-electron chi connectivity index (χ2n) is 9.43. The molecule has 1 aromatic carbocycles. The zero-order valence-electron chi connectivity index (χ0n) is 20.3. The molecule has 0 saturated carbocycles. The Hall–Kier alpha value is -2.64. The van der Waals surface area contributed by atoms with Gasteiger partial charge in [-0.3, -0.25) is 9.78 Å². The van der Waals surface area contributed by atoms with E-state index in [9.17, 15) is 4.79 Å². The number of carbonyl (C=O) groups excluding carboxylic acids is 1. The number of nitrogens with zero attached hydrogens (tertiary/aromatic N) is 3. The number of methoxy groups -OCH3 is 1. The number of allylic oxidation sites excluding steroid dienone is 1. The van der Waals surface area contributed by atoms with Gasteiger partial charge in [0.05, 0.1) is 30.4 Å². The van der Waals surface area contributed by atoms with Gasteiger partial charge in [-0.25, -0.2) is 0 Å². The largest absolute Gasteiger partial charge is 0.469 e. The van der Waals surface area contributed by atoms with Gasteiger partial charge in [-0.05, 0) is 74.8 Å². The van der Waals surface area contributed by atoms with Gasteiger partial charge in [-0.1, -0.05) is 23.7 Å². The number of fused-ring (bicyclic) bond motifs is 1. The lowest BCUT2D eigenvalue weighted by atomic mass is 9.86. The Labute approximate surface area is 211 Å². The fraction of sp³-hybridized carbons (Fsp3) is 0.423. The van der Waals surface area contributed by atoms with E-state index < -0.39 is 0 Å². The molecule has 3 heterocycles. The lowest BCUT2D eigenvalue weighted by Gasteiger charge is -2.41. The van der Waals surface area contributed by atoms with Crippen LogP contribution in [0.3, 0.4) is 0 Å². The molecule has 8 heteroatoms. The van der Waals surface area contributed by atoms with E-state index in [2.05, 4.69) is 66.1 Å². The van der Waals surface area contributed by atoms with Gasteiger partial charge in [0, 0.05) is 42.5 Å². The minimum Gasteiger partial charge on any atom is -0.469 e. The molecule has 0 amide bonds. The van der Waals surface area contributed by atoms with Crippen molar-refractivity contribution in [1.82, 2.24) is 15.2 Å². The maximum absolute atomic E-state index is 11.7. The van der Waals surface area contributed by atoms with Crippen LogP contribution in [0.25, 0.3) is 5.57 Å². The third-order valence-corrected chi connectivity index (χ3v) is 7.54. The molecular weight excluding hydrogens is 468 g/mol. The molecule has 0 unspecified atom stereocenters. The molecule has 2 aromatic rings. The number of carbonyl (C=O) groups is 1. The van der Waals surface area contributed by atoms with E-state index in [4.69, 9.17) is 28.6 Å². The molecule has 6 nitrogen and oxygen atoms in total. The van der Waals surface area contributed by atoms with Crippen LogP contribution in [-0.4, -0.2) is 47.2 Å². The van der Waals surface area contributed by atoms with Crippen LogP contribution < -0.4 is 10.2 Å². The summed E-state index contributed by atoms with van der Waals surface area (Å²) >= 11 is 12.7. The molecule has 2 atom stereocenters. The average Bonchev–Trinajstić information content (AvgIpc) is 3.13. The van der Waals surface area contributed by atoms with E-state index in [0.29, 0.717) is 29.5 Å². The summed E-state index contributed by atoms with van der Waals surface area (Å²) in [5.41, 5.74) is 5.27. The smallest absolute Gasteiger partial charge is 0.305 e. The number of hydrogen-bond acceptors (Lipinski definition) is 5. The lowest BCUT2D eigenvalue weighted by molar-refractivity contribution is -0.140. The first kappa shape index (κ1) is 24.5. The zero-order valence-corrected chi connectivity index (χ0v) is 21.8. The molecule has 0 spiro atoms. The van der Waals surface area contributed by atoms with Crippen molar-refractivity contribution in [3.05, 3.63) is 64.4 Å². The van der Waals surface area contributed by atoms with Crippen LogP contribution in [0.15, 0.2) is 42.6 Å². The van der Waals surface area contributed by atoms with E-state index >= 15 is 0 Å². The van der Waals surface area contributed by atoms with Crippen LogP contribution in [0.5, 0.6) is 0 Å². The second-order valence-corrected chi connectivity index (χ2v) is 10.2. The maximum atomic E-state index is 11.7. The zero-order chi connectivity index (χ0) is 24.6. The number of halogens is 1. The molecule has 0 aliphatic carbocycles. The van der Waals surface area contributed by atoms with Crippen molar-refractivity contribution >= 4 is 46.2 Å². The first-order chi connectivity index (χ1) is 16.1. The third kappa shape index (κ3) is 4.51. The second kappa shape index (κ2) is 9.55. The molecule has 4 rings (SSSR count). The molecule has 0 bridgehead atoms. The highest BCUT2D eigenvalue weighted by Crippen LogP contribution is 2.46. The van der Waals surface area contributed by atoms with Crippen LogP contribution in [0, 0.1) is 0 Å². The molecular formula is C26H31ClN4O2S. The molecule has 2 aliphatic rings. The summed E-state index contributed by atoms with van der Waals surface area (Å²) in [7, 11) is 3.51. The molecule has 1 N–H and O–H groups in total. The number of likely N-dealkylation sites (N-methyl/N-ethyl adjacent to an activating group) is 1. The Bertz CT molecular complexity index is 1140. The Morgan fingerprint density at radius 2 is 2.09 bits per heavy atom. The SMILES string of the molecule is COC(=O)CCCN1C(=S)N[C@@H](c2ccccn2)[C@@H]1c1cc2c(cc1Cl)N(C)C(C)(C)C=C2C. The van der Waals surface area contributed by atoms with Crippen molar-refractivity contribution in [3.8, 4) is 0 Å². The lowest BCUT2D eigenvalue weighted by Crippen LogP contribution is -2.42. The first-order valence-electron chi connectivity index (χ1n) is 11.5. The fourth-order valence-corrected chi connectivity index (χ4v) is 5.50. The van der Waals surface area contributed by atoms with Crippen LogP contribution in [-0.2, 0) is 9.53 Å². The van der Waals surface area contributed by atoms with Gasteiger partial charge in [0.15, 0.2) is 5.11 Å². The average molecular weight is 499 g/mol. The van der Waals surface area contributed by atoms with Crippen LogP contribution in [0.2, 0.25) is 5.02 Å². The number of esters is 1. The third-order valence-electron chi connectivity index (χ3n) is 6.86. The number of rotatable bonds is 6. The van der Waals surface area contributed by atoms with Crippen molar-refractivity contribution in [1.29, 1.82) is 0 Å². The summed E-state index contributed by atoms with van der Waals surface area (Å²) in [6, 6.07) is 9.81. The normalized spacial score (nSPS) is 21.1. The quantitative estimate of drug-likeness (QED) is 0.428. The summed E-state index contributed by atoms with van der Waals surface area (Å²) in [5, 5.41) is 4.77. The summed E-state index contributed by atoms with van der Waals surface area (Å²) in [5.74, 6) is -0.228. The number of pyridine rings is 1. The highest BCUT2D eigenvalue weighted by Gasteiger charge is 2.41. The molecule has 1 aromatic heterocycles. The van der Waals surface area contributed by atoms with E-state index in [1.807, 2.05) is 18.2 Å². The summed E-state index contributed by atoms with van der Waals surface area (Å²) in [6.07, 6.45) is 5.03. The van der Waals surface area contributed by atoms with E-state index in [-0.39, 0.29) is 23.6 Å². The minimum atomic E-state index is -0.228. The number of hydrogen-bond donors (Lipinski definition) is 1. The highest BCUT2D eigenvalue weighted by atomic mass is 35.5. The molecule has 180 valence electrons. The predicted octanol–water partition coefficient (Wildman–Crippen LogP) is 5.29. The number of benzene rings is 1. The Morgan fingerprint density at radius 1 is 1.32 bits per heavy atom. The van der Waals surface area contributed by atoms with Gasteiger partial charge in [-0.2, -0.15) is 0 Å². The summed E-state index contributed by atoms with van der Waals surface area (Å²) in [4.78, 5) is 20.7. The maximum Gasteiger partial charge on any atom is 0.305 e. The van der Waals surface area contributed by atoms with Crippen molar-refractivity contribution in [2.75, 3.05) is 25.6 Å². The van der Waals surface area contributed by atoms with Crippen LogP contribution in [0.4, 0.5) is 5.69 Å². The van der Waals surface area contributed by atoms with Crippen molar-refractivity contribution in [2.24, 2.45) is 0 Å². The minimum absolute atomic E-state index is 0.102. The number of thiocarbonyl (C=S) groups is 1. The molecule has 2 aliphatic heterocycles. The Morgan fingerprint density at radius 3 is 2.76 bits per heavy atom. The van der Waals surface area contributed by atoms with Crippen LogP contribution >= 0.6 is 23.8 Å². The first-order valence-corrected chi connectivity index (χ1v) is 12.2.